The van der Waals surface area contributed by atoms with E-state index in [2.05, 4.69) is 9.97 Å². The van der Waals surface area contributed by atoms with Crippen molar-refractivity contribution in [1.29, 1.82) is 0 Å². The van der Waals surface area contributed by atoms with E-state index in [9.17, 15) is 0 Å². The van der Waals surface area contributed by atoms with E-state index >= 15 is 0 Å². The topological polar surface area (TPSA) is 35.0 Å². The average molecular weight is 195 g/mol. The fraction of sp³-hybridized carbons (Fsp3) is 0.111. The fourth-order valence-electron chi connectivity index (χ4n) is 1.18. The van der Waals surface area contributed by atoms with Crippen LogP contribution < -0.4 is 4.74 Å². The molecule has 0 N–H and O–H groups in total. The van der Waals surface area contributed by atoms with E-state index in [1.165, 1.54) is 0 Å². The molecule has 0 saturated carbocycles. The van der Waals surface area contributed by atoms with Crippen molar-refractivity contribution in [3.63, 3.8) is 0 Å². The first-order chi connectivity index (χ1) is 6.31. The summed E-state index contributed by atoms with van der Waals surface area (Å²) in [6, 6.07) is 3.60. The number of rotatable bonds is 1. The van der Waals surface area contributed by atoms with E-state index < -0.39 is 0 Å². The van der Waals surface area contributed by atoms with E-state index in [1.54, 1.807) is 25.6 Å². The Morgan fingerprint density at radius 1 is 1.38 bits per heavy atom. The minimum absolute atomic E-state index is 0.443. The first-order valence-corrected chi connectivity index (χ1v) is 4.13. The Labute approximate surface area is 80.3 Å². The van der Waals surface area contributed by atoms with Gasteiger partial charge in [-0.2, -0.15) is 0 Å². The van der Waals surface area contributed by atoms with Crippen LogP contribution in [0.4, 0.5) is 0 Å². The fourth-order valence-corrected chi connectivity index (χ4v) is 1.33. The summed E-state index contributed by atoms with van der Waals surface area (Å²) in [4.78, 5) is 8.02. The molecular weight excluding hydrogens is 188 g/mol. The highest BCUT2D eigenvalue weighted by Gasteiger charge is 2.02. The maximum Gasteiger partial charge on any atom is 0.221 e. The zero-order valence-electron chi connectivity index (χ0n) is 6.99. The number of hydrogen-bond acceptors (Lipinski definition) is 3. The van der Waals surface area contributed by atoms with Gasteiger partial charge in [-0.05, 0) is 12.1 Å². The first-order valence-electron chi connectivity index (χ1n) is 3.75. The Morgan fingerprint density at radius 3 is 3.00 bits per heavy atom. The molecule has 0 atom stereocenters. The number of aromatic nitrogens is 2. The van der Waals surface area contributed by atoms with E-state index in [0.717, 1.165) is 10.8 Å². The van der Waals surface area contributed by atoms with Crippen molar-refractivity contribution in [2.24, 2.45) is 0 Å². The largest absolute Gasteiger partial charge is 0.481 e. The Balaban J connectivity index is 2.79. The molecular formula is C9H7ClN2O. The van der Waals surface area contributed by atoms with Crippen LogP contribution in [0.1, 0.15) is 0 Å². The summed E-state index contributed by atoms with van der Waals surface area (Å²) < 4.78 is 5.08. The maximum absolute atomic E-state index is 5.75. The second kappa shape index (κ2) is 3.18. The van der Waals surface area contributed by atoms with Crippen molar-refractivity contribution in [2.75, 3.05) is 7.11 Å². The lowest BCUT2D eigenvalue weighted by Gasteiger charge is -2.02. The maximum atomic E-state index is 5.75. The minimum atomic E-state index is 0.443. The number of halogens is 1. The van der Waals surface area contributed by atoms with Crippen molar-refractivity contribution < 1.29 is 4.74 Å². The molecule has 2 heterocycles. The summed E-state index contributed by atoms with van der Waals surface area (Å²) in [5.41, 5.74) is 0. The van der Waals surface area contributed by atoms with Gasteiger partial charge in [-0.1, -0.05) is 11.6 Å². The SMILES string of the molecule is COc1nccc2cnc(Cl)cc12. The zero-order chi connectivity index (χ0) is 9.26. The number of fused-ring (bicyclic) bond motifs is 1. The average Bonchev–Trinajstić information content (AvgIpc) is 2.17. The molecule has 0 aliphatic carbocycles. The quantitative estimate of drug-likeness (QED) is 0.654. The normalized spacial score (nSPS) is 10.3. The van der Waals surface area contributed by atoms with Crippen molar-refractivity contribution in [2.45, 2.75) is 0 Å². The highest BCUT2D eigenvalue weighted by atomic mass is 35.5. The number of pyridine rings is 2. The Hall–Kier alpha value is -1.35. The molecule has 0 aromatic carbocycles. The third kappa shape index (κ3) is 1.42. The summed E-state index contributed by atoms with van der Waals surface area (Å²) >= 11 is 5.75. The van der Waals surface area contributed by atoms with Crippen molar-refractivity contribution in [3.8, 4) is 5.88 Å². The van der Waals surface area contributed by atoms with Crippen molar-refractivity contribution in [3.05, 3.63) is 29.7 Å². The van der Waals surface area contributed by atoms with Crippen LogP contribution in [0.15, 0.2) is 24.5 Å². The minimum Gasteiger partial charge on any atom is -0.481 e. The van der Waals surface area contributed by atoms with Gasteiger partial charge in [0.25, 0.3) is 0 Å². The van der Waals surface area contributed by atoms with Gasteiger partial charge in [0.05, 0.1) is 7.11 Å². The van der Waals surface area contributed by atoms with Gasteiger partial charge in [-0.25, -0.2) is 9.97 Å². The lowest BCUT2D eigenvalue weighted by Crippen LogP contribution is -1.89. The number of hydrogen-bond donors (Lipinski definition) is 0. The smallest absolute Gasteiger partial charge is 0.221 e. The zero-order valence-corrected chi connectivity index (χ0v) is 7.75. The van der Waals surface area contributed by atoms with Crippen LogP contribution in [0.3, 0.4) is 0 Å². The van der Waals surface area contributed by atoms with Crippen LogP contribution in [0.2, 0.25) is 5.15 Å². The van der Waals surface area contributed by atoms with Gasteiger partial charge in [0.15, 0.2) is 0 Å². The Bertz CT molecular complexity index is 445. The molecule has 0 spiro atoms. The third-order valence-corrected chi connectivity index (χ3v) is 1.98. The molecule has 13 heavy (non-hydrogen) atoms. The Kier molecular flexibility index (Phi) is 2.02. The number of methoxy groups -OCH3 is 1. The molecule has 0 fully saturated rings. The number of ether oxygens (including phenoxy) is 1. The van der Waals surface area contributed by atoms with Gasteiger partial charge in [-0.3, -0.25) is 0 Å². The summed E-state index contributed by atoms with van der Waals surface area (Å²) in [6.45, 7) is 0. The van der Waals surface area contributed by atoms with Crippen LogP contribution in [0, 0.1) is 0 Å². The molecule has 2 rings (SSSR count). The van der Waals surface area contributed by atoms with Crippen LogP contribution in [-0.4, -0.2) is 17.1 Å². The summed E-state index contributed by atoms with van der Waals surface area (Å²) in [5.74, 6) is 0.571. The molecule has 3 nitrogen and oxygen atoms in total. The highest BCUT2D eigenvalue weighted by Crippen LogP contribution is 2.23. The molecule has 0 aliphatic heterocycles. The number of nitrogens with zero attached hydrogens (tertiary/aromatic N) is 2. The molecule has 2 aromatic heterocycles. The van der Waals surface area contributed by atoms with Crippen LogP contribution in [-0.2, 0) is 0 Å². The molecule has 4 heteroatoms. The van der Waals surface area contributed by atoms with Crippen LogP contribution in [0.25, 0.3) is 10.8 Å². The predicted octanol–water partition coefficient (Wildman–Crippen LogP) is 2.29. The van der Waals surface area contributed by atoms with E-state index in [1.807, 2.05) is 6.07 Å². The van der Waals surface area contributed by atoms with E-state index in [-0.39, 0.29) is 0 Å². The predicted molar refractivity (Wildman–Crippen MR) is 51.1 cm³/mol. The van der Waals surface area contributed by atoms with Gasteiger partial charge in [-0.15, -0.1) is 0 Å². The molecule has 0 unspecified atom stereocenters. The van der Waals surface area contributed by atoms with E-state index in [4.69, 9.17) is 16.3 Å². The standard InChI is InChI=1S/C9H7ClN2O/c1-13-9-7-4-8(10)12-5-6(7)2-3-11-9/h2-5H,1H3. The van der Waals surface area contributed by atoms with Crippen molar-refractivity contribution >= 4 is 22.4 Å². The van der Waals surface area contributed by atoms with Crippen LogP contribution >= 0.6 is 11.6 Å². The second-order valence-corrected chi connectivity index (χ2v) is 2.94. The molecule has 2 aromatic rings. The van der Waals surface area contributed by atoms with Gasteiger partial charge in [0, 0.05) is 23.2 Å². The van der Waals surface area contributed by atoms with Gasteiger partial charge in [0.1, 0.15) is 5.15 Å². The van der Waals surface area contributed by atoms with Crippen molar-refractivity contribution in [1.82, 2.24) is 9.97 Å². The molecule has 0 bridgehead atoms. The molecule has 66 valence electrons. The lowest BCUT2D eigenvalue weighted by molar-refractivity contribution is 0.403. The monoisotopic (exact) mass is 194 g/mol. The summed E-state index contributed by atoms with van der Waals surface area (Å²) in [7, 11) is 1.58. The highest BCUT2D eigenvalue weighted by molar-refractivity contribution is 6.30. The molecule has 0 amide bonds. The van der Waals surface area contributed by atoms with Gasteiger partial charge in [0.2, 0.25) is 5.88 Å². The summed E-state index contributed by atoms with van der Waals surface area (Å²) in [6.07, 6.45) is 3.37. The molecule has 0 radical (unpaired) electrons. The summed E-state index contributed by atoms with van der Waals surface area (Å²) in [5, 5.41) is 2.29. The second-order valence-electron chi connectivity index (χ2n) is 2.55. The van der Waals surface area contributed by atoms with Crippen LogP contribution in [0.5, 0.6) is 5.88 Å². The van der Waals surface area contributed by atoms with E-state index in [0.29, 0.717) is 11.0 Å². The molecule has 0 aliphatic rings. The first kappa shape index (κ1) is 8.26. The molecule has 0 saturated heterocycles. The van der Waals surface area contributed by atoms with Gasteiger partial charge < -0.3 is 4.74 Å². The lowest BCUT2D eigenvalue weighted by atomic mass is 10.2. The Morgan fingerprint density at radius 2 is 2.23 bits per heavy atom. The van der Waals surface area contributed by atoms with Gasteiger partial charge >= 0.3 is 0 Å². The third-order valence-electron chi connectivity index (χ3n) is 1.77.